The van der Waals surface area contributed by atoms with Crippen LogP contribution in [-0.4, -0.2) is 13.1 Å². The summed E-state index contributed by atoms with van der Waals surface area (Å²) >= 11 is 0. The van der Waals surface area contributed by atoms with Gasteiger partial charge in [-0.05, 0) is 37.1 Å². The molecule has 0 aliphatic carbocycles. The van der Waals surface area contributed by atoms with E-state index >= 15 is 0 Å². The molecule has 2 aromatic carbocycles. The molecule has 0 unspecified atom stereocenters. The smallest absolute Gasteiger partial charge is 0.0370 e. The second-order valence-corrected chi connectivity index (χ2v) is 4.48. The van der Waals surface area contributed by atoms with Crippen molar-refractivity contribution in [1.29, 1.82) is 0 Å². The number of para-hydroxylation sites is 2. The Kier molecular flexibility index (Phi) is 8.86. The fourth-order valence-corrected chi connectivity index (χ4v) is 1.94. The molecule has 0 heterocycles. The average molecular weight is 313 g/mol. The van der Waals surface area contributed by atoms with Gasteiger partial charge in [0.05, 0.1) is 0 Å². The maximum atomic E-state index is 3.44. The van der Waals surface area contributed by atoms with Crippen molar-refractivity contribution in [3.05, 3.63) is 59.7 Å². The number of hydrogen-bond acceptors (Lipinski definition) is 2. The van der Waals surface area contributed by atoms with Gasteiger partial charge in [0.2, 0.25) is 0 Å². The van der Waals surface area contributed by atoms with Crippen molar-refractivity contribution in [2.24, 2.45) is 0 Å². The molecule has 0 radical (unpaired) electrons. The van der Waals surface area contributed by atoms with E-state index in [2.05, 4.69) is 73.0 Å². The number of benzene rings is 2. The molecule has 2 N–H and O–H groups in total. The standard InChI is InChI=1S/C16H20N2.2ClH/c1-13-7-3-5-9-15(13)17-11-12-18-16-10-6-4-8-14(16)2;;/h3-10,17-18H,11-12H2,1-2H3;2*1H. The summed E-state index contributed by atoms with van der Waals surface area (Å²) < 4.78 is 0. The van der Waals surface area contributed by atoms with Crippen LogP contribution in [0.15, 0.2) is 48.5 Å². The number of anilines is 2. The van der Waals surface area contributed by atoms with Gasteiger partial charge < -0.3 is 10.6 Å². The fourth-order valence-electron chi connectivity index (χ4n) is 1.94. The summed E-state index contributed by atoms with van der Waals surface area (Å²) in [5.41, 5.74) is 5.00. The van der Waals surface area contributed by atoms with Crippen molar-refractivity contribution in [3.63, 3.8) is 0 Å². The number of aryl methyl sites for hydroxylation is 2. The van der Waals surface area contributed by atoms with Gasteiger partial charge in [0.25, 0.3) is 0 Å². The lowest BCUT2D eigenvalue weighted by Gasteiger charge is -2.12. The van der Waals surface area contributed by atoms with Gasteiger partial charge in [-0.15, -0.1) is 24.8 Å². The molecule has 0 fully saturated rings. The Hall–Kier alpha value is -1.38. The zero-order valence-electron chi connectivity index (χ0n) is 11.8. The van der Waals surface area contributed by atoms with Crippen molar-refractivity contribution in [2.75, 3.05) is 23.7 Å². The minimum absolute atomic E-state index is 0. The molecule has 110 valence electrons. The van der Waals surface area contributed by atoms with Crippen LogP contribution in [0.2, 0.25) is 0 Å². The van der Waals surface area contributed by atoms with E-state index in [0.29, 0.717) is 0 Å². The van der Waals surface area contributed by atoms with Gasteiger partial charge in [-0.1, -0.05) is 36.4 Å². The van der Waals surface area contributed by atoms with E-state index < -0.39 is 0 Å². The minimum Gasteiger partial charge on any atom is -0.383 e. The normalized spacial score (nSPS) is 9.10. The van der Waals surface area contributed by atoms with Crippen molar-refractivity contribution in [1.82, 2.24) is 0 Å². The Balaban J connectivity index is 0.00000180. The number of halogens is 2. The molecule has 0 saturated heterocycles. The molecule has 0 aliphatic rings. The van der Waals surface area contributed by atoms with Crippen molar-refractivity contribution >= 4 is 36.2 Å². The van der Waals surface area contributed by atoms with Gasteiger partial charge in [0.1, 0.15) is 0 Å². The Bertz CT molecular complexity index is 468. The molecule has 2 nitrogen and oxygen atoms in total. The topological polar surface area (TPSA) is 24.1 Å². The molecule has 20 heavy (non-hydrogen) atoms. The Morgan fingerprint density at radius 3 is 1.35 bits per heavy atom. The Morgan fingerprint density at radius 1 is 0.650 bits per heavy atom. The van der Waals surface area contributed by atoms with Gasteiger partial charge in [0, 0.05) is 24.5 Å². The van der Waals surface area contributed by atoms with Crippen LogP contribution in [0.4, 0.5) is 11.4 Å². The molecular formula is C16H22Cl2N2. The summed E-state index contributed by atoms with van der Waals surface area (Å²) in [6.07, 6.45) is 0. The minimum atomic E-state index is 0. The predicted molar refractivity (Wildman–Crippen MR) is 93.8 cm³/mol. The molecule has 0 atom stereocenters. The molecule has 2 aromatic rings. The maximum absolute atomic E-state index is 3.44. The molecule has 0 spiro atoms. The largest absolute Gasteiger partial charge is 0.383 e. The first-order chi connectivity index (χ1) is 8.77. The van der Waals surface area contributed by atoms with Crippen LogP contribution in [0.1, 0.15) is 11.1 Å². The Labute approximate surface area is 133 Å². The first-order valence-corrected chi connectivity index (χ1v) is 6.36. The SMILES string of the molecule is Cc1ccccc1NCCNc1ccccc1C.Cl.Cl. The highest BCUT2D eigenvalue weighted by Gasteiger charge is 1.97. The van der Waals surface area contributed by atoms with E-state index in [9.17, 15) is 0 Å². The fraction of sp³-hybridized carbons (Fsp3) is 0.250. The van der Waals surface area contributed by atoms with E-state index in [1.54, 1.807) is 0 Å². The highest BCUT2D eigenvalue weighted by Crippen LogP contribution is 2.14. The van der Waals surface area contributed by atoms with Crippen LogP contribution in [0, 0.1) is 13.8 Å². The van der Waals surface area contributed by atoms with E-state index in [4.69, 9.17) is 0 Å². The summed E-state index contributed by atoms with van der Waals surface area (Å²) in [5, 5.41) is 6.88. The van der Waals surface area contributed by atoms with Crippen molar-refractivity contribution in [2.45, 2.75) is 13.8 Å². The molecule has 0 bridgehead atoms. The lowest BCUT2D eigenvalue weighted by Crippen LogP contribution is -2.14. The summed E-state index contributed by atoms with van der Waals surface area (Å²) in [7, 11) is 0. The van der Waals surface area contributed by atoms with E-state index in [1.165, 1.54) is 22.5 Å². The van der Waals surface area contributed by atoms with E-state index in [1.807, 2.05) is 0 Å². The Morgan fingerprint density at radius 2 is 1.00 bits per heavy atom. The predicted octanol–water partition coefficient (Wildman–Crippen LogP) is 4.67. The number of rotatable bonds is 5. The highest BCUT2D eigenvalue weighted by molar-refractivity contribution is 5.85. The van der Waals surface area contributed by atoms with Gasteiger partial charge in [-0.2, -0.15) is 0 Å². The summed E-state index contributed by atoms with van der Waals surface area (Å²) in [4.78, 5) is 0. The summed E-state index contributed by atoms with van der Waals surface area (Å²) in [5.74, 6) is 0. The van der Waals surface area contributed by atoms with Crippen LogP contribution in [-0.2, 0) is 0 Å². The molecule has 0 saturated carbocycles. The first kappa shape index (κ1) is 18.6. The molecule has 0 aromatic heterocycles. The second-order valence-electron chi connectivity index (χ2n) is 4.48. The summed E-state index contributed by atoms with van der Waals surface area (Å²) in [6, 6.07) is 16.7. The molecule has 0 aliphatic heterocycles. The van der Waals surface area contributed by atoms with Crippen molar-refractivity contribution in [3.8, 4) is 0 Å². The maximum Gasteiger partial charge on any atom is 0.0370 e. The highest BCUT2D eigenvalue weighted by atomic mass is 35.5. The van der Waals surface area contributed by atoms with Crippen molar-refractivity contribution < 1.29 is 0 Å². The van der Waals surface area contributed by atoms with E-state index in [0.717, 1.165) is 13.1 Å². The van der Waals surface area contributed by atoms with Gasteiger partial charge in [0.15, 0.2) is 0 Å². The average Bonchev–Trinajstić information content (AvgIpc) is 2.38. The van der Waals surface area contributed by atoms with Crippen LogP contribution in [0.3, 0.4) is 0 Å². The third-order valence-electron chi connectivity index (χ3n) is 3.05. The second kappa shape index (κ2) is 9.51. The molecule has 2 rings (SSSR count). The lowest BCUT2D eigenvalue weighted by atomic mass is 10.2. The van der Waals surface area contributed by atoms with Gasteiger partial charge >= 0.3 is 0 Å². The molecule has 0 amide bonds. The van der Waals surface area contributed by atoms with Gasteiger partial charge in [-0.3, -0.25) is 0 Å². The van der Waals surface area contributed by atoms with Crippen LogP contribution >= 0.6 is 24.8 Å². The van der Waals surface area contributed by atoms with Crippen LogP contribution in [0.25, 0.3) is 0 Å². The molecular weight excluding hydrogens is 291 g/mol. The quantitative estimate of drug-likeness (QED) is 0.784. The third-order valence-corrected chi connectivity index (χ3v) is 3.05. The zero-order chi connectivity index (χ0) is 12.8. The van der Waals surface area contributed by atoms with Crippen LogP contribution < -0.4 is 10.6 Å². The van der Waals surface area contributed by atoms with E-state index in [-0.39, 0.29) is 24.8 Å². The van der Waals surface area contributed by atoms with Gasteiger partial charge in [-0.25, -0.2) is 0 Å². The lowest BCUT2D eigenvalue weighted by molar-refractivity contribution is 1.07. The number of hydrogen-bond donors (Lipinski definition) is 2. The monoisotopic (exact) mass is 312 g/mol. The summed E-state index contributed by atoms with van der Waals surface area (Å²) in [6.45, 7) is 6.08. The third kappa shape index (κ3) is 5.32. The van der Waals surface area contributed by atoms with Crippen LogP contribution in [0.5, 0.6) is 0 Å². The zero-order valence-corrected chi connectivity index (χ0v) is 13.5. The molecule has 4 heteroatoms. The number of nitrogens with one attached hydrogen (secondary N) is 2. The first-order valence-electron chi connectivity index (χ1n) is 6.36.